The molecule has 1 aromatic heterocycles. The maximum Gasteiger partial charge on any atom is 0.248 e. The van der Waals surface area contributed by atoms with Crippen LogP contribution in [0.3, 0.4) is 0 Å². The van der Waals surface area contributed by atoms with Gasteiger partial charge in [0.15, 0.2) is 0 Å². The van der Waals surface area contributed by atoms with Gasteiger partial charge in [-0.2, -0.15) is 0 Å². The summed E-state index contributed by atoms with van der Waals surface area (Å²) in [5, 5.41) is 6.18. The summed E-state index contributed by atoms with van der Waals surface area (Å²) >= 11 is 1.57. The summed E-state index contributed by atoms with van der Waals surface area (Å²) in [6.07, 6.45) is 2.63. The fraction of sp³-hybridized carbons (Fsp3) is 0.286. The molecule has 0 fully saturated rings. The second-order valence-corrected chi connectivity index (χ2v) is 5.31. The second-order valence-electron chi connectivity index (χ2n) is 4.38. The van der Waals surface area contributed by atoms with E-state index in [0.717, 1.165) is 11.4 Å². The summed E-state index contributed by atoms with van der Waals surface area (Å²) < 4.78 is 13.8. The van der Waals surface area contributed by atoms with Gasteiger partial charge in [0, 0.05) is 29.2 Å². The van der Waals surface area contributed by atoms with Gasteiger partial charge in [-0.1, -0.05) is 13.0 Å². The molecule has 1 amide bonds. The van der Waals surface area contributed by atoms with E-state index in [2.05, 4.69) is 10.3 Å². The fourth-order valence-corrected chi connectivity index (χ4v) is 2.69. The minimum absolute atomic E-state index is 0.102. The number of nitrogens with two attached hydrogens (primary N) is 1. The first-order chi connectivity index (χ1) is 9.61. The van der Waals surface area contributed by atoms with E-state index in [9.17, 15) is 9.18 Å². The molecule has 0 saturated heterocycles. The van der Waals surface area contributed by atoms with Crippen LogP contribution >= 0.6 is 11.3 Å². The quantitative estimate of drug-likeness (QED) is 0.860. The number of primary amides is 1. The molecular formula is C14H16FN3OS. The highest BCUT2D eigenvalue weighted by atomic mass is 32.1. The van der Waals surface area contributed by atoms with Crippen LogP contribution in [-0.4, -0.2) is 10.9 Å². The number of carbonyl (C=O) groups is 1. The molecule has 106 valence electrons. The molecule has 1 unspecified atom stereocenters. The van der Waals surface area contributed by atoms with Crippen molar-refractivity contribution in [3.8, 4) is 0 Å². The monoisotopic (exact) mass is 293 g/mol. The van der Waals surface area contributed by atoms with Gasteiger partial charge in [-0.3, -0.25) is 4.79 Å². The number of aromatic nitrogens is 1. The zero-order chi connectivity index (χ0) is 14.5. The molecule has 20 heavy (non-hydrogen) atoms. The molecule has 1 heterocycles. The zero-order valence-electron chi connectivity index (χ0n) is 11.1. The number of hydrogen-bond acceptors (Lipinski definition) is 4. The molecule has 3 N–H and O–H groups in total. The highest BCUT2D eigenvalue weighted by Crippen LogP contribution is 2.20. The van der Waals surface area contributed by atoms with Crippen molar-refractivity contribution in [1.82, 2.24) is 10.3 Å². The van der Waals surface area contributed by atoms with Crippen molar-refractivity contribution in [2.24, 2.45) is 5.73 Å². The minimum Gasteiger partial charge on any atom is -0.366 e. The Kier molecular flexibility index (Phi) is 4.81. The first-order valence-electron chi connectivity index (χ1n) is 6.32. The van der Waals surface area contributed by atoms with Crippen molar-refractivity contribution >= 4 is 17.2 Å². The van der Waals surface area contributed by atoms with Gasteiger partial charge in [0.05, 0.1) is 6.04 Å². The summed E-state index contributed by atoms with van der Waals surface area (Å²) in [5.74, 6) is -1.06. The largest absolute Gasteiger partial charge is 0.366 e. The van der Waals surface area contributed by atoms with E-state index in [4.69, 9.17) is 5.73 Å². The van der Waals surface area contributed by atoms with Gasteiger partial charge in [-0.15, -0.1) is 11.3 Å². The SMILES string of the molecule is CCC(NCc1ccc(C(N)=O)cc1F)c1nccs1. The third-order valence-electron chi connectivity index (χ3n) is 3.03. The van der Waals surface area contributed by atoms with Crippen LogP contribution in [0, 0.1) is 5.82 Å². The molecule has 0 radical (unpaired) electrons. The first-order valence-corrected chi connectivity index (χ1v) is 7.20. The molecule has 2 aromatic rings. The second kappa shape index (κ2) is 6.58. The minimum atomic E-state index is -0.627. The Morgan fingerprint density at radius 1 is 1.55 bits per heavy atom. The number of hydrogen-bond donors (Lipinski definition) is 2. The molecule has 1 atom stereocenters. The Hall–Kier alpha value is -1.79. The number of amides is 1. The van der Waals surface area contributed by atoms with Crippen LogP contribution in [-0.2, 0) is 6.54 Å². The average molecular weight is 293 g/mol. The van der Waals surface area contributed by atoms with Crippen molar-refractivity contribution < 1.29 is 9.18 Å². The molecule has 6 heteroatoms. The molecule has 1 aromatic carbocycles. The van der Waals surface area contributed by atoms with Gasteiger partial charge in [-0.05, 0) is 18.6 Å². The summed E-state index contributed by atoms with van der Waals surface area (Å²) in [6.45, 7) is 2.43. The van der Waals surface area contributed by atoms with E-state index in [1.165, 1.54) is 12.1 Å². The van der Waals surface area contributed by atoms with Crippen LogP contribution in [0.25, 0.3) is 0 Å². The Bertz CT molecular complexity index is 586. The summed E-state index contributed by atoms with van der Waals surface area (Å²) in [6, 6.07) is 4.39. The molecule has 2 rings (SSSR count). The summed E-state index contributed by atoms with van der Waals surface area (Å²) in [4.78, 5) is 15.2. The van der Waals surface area contributed by atoms with E-state index in [0.29, 0.717) is 12.1 Å². The maximum absolute atomic E-state index is 13.8. The van der Waals surface area contributed by atoms with Crippen LogP contribution in [0.15, 0.2) is 29.8 Å². The highest BCUT2D eigenvalue weighted by molar-refractivity contribution is 7.09. The summed E-state index contributed by atoms with van der Waals surface area (Å²) in [5.41, 5.74) is 5.80. The number of rotatable bonds is 6. The number of nitrogens with zero attached hydrogens (tertiary/aromatic N) is 1. The van der Waals surface area contributed by atoms with E-state index in [-0.39, 0.29) is 11.6 Å². The predicted molar refractivity (Wildman–Crippen MR) is 76.9 cm³/mol. The topological polar surface area (TPSA) is 68.0 Å². The lowest BCUT2D eigenvalue weighted by molar-refractivity contribution is 0.1000. The normalized spacial score (nSPS) is 12.3. The molecule has 0 spiro atoms. The fourth-order valence-electron chi connectivity index (χ4n) is 1.89. The van der Waals surface area contributed by atoms with Crippen LogP contribution in [0.5, 0.6) is 0 Å². The van der Waals surface area contributed by atoms with Crippen molar-refractivity contribution in [2.75, 3.05) is 0 Å². The van der Waals surface area contributed by atoms with Gasteiger partial charge in [0.1, 0.15) is 10.8 Å². The van der Waals surface area contributed by atoms with Crippen LogP contribution in [0.1, 0.15) is 40.3 Å². The van der Waals surface area contributed by atoms with Crippen molar-refractivity contribution in [3.63, 3.8) is 0 Å². The van der Waals surface area contributed by atoms with Crippen molar-refractivity contribution in [3.05, 3.63) is 51.7 Å². The predicted octanol–water partition coefficient (Wildman–Crippen LogP) is 2.62. The lowest BCUT2D eigenvalue weighted by atomic mass is 10.1. The van der Waals surface area contributed by atoms with Gasteiger partial charge >= 0.3 is 0 Å². The van der Waals surface area contributed by atoms with E-state index in [1.807, 2.05) is 12.3 Å². The zero-order valence-corrected chi connectivity index (χ0v) is 11.9. The van der Waals surface area contributed by atoms with Crippen LogP contribution in [0.4, 0.5) is 4.39 Å². The van der Waals surface area contributed by atoms with Gasteiger partial charge in [-0.25, -0.2) is 9.37 Å². The van der Waals surface area contributed by atoms with E-state index in [1.54, 1.807) is 23.6 Å². The maximum atomic E-state index is 13.8. The highest BCUT2D eigenvalue weighted by Gasteiger charge is 2.13. The number of benzene rings is 1. The molecular weight excluding hydrogens is 277 g/mol. The third kappa shape index (κ3) is 3.40. The third-order valence-corrected chi connectivity index (χ3v) is 3.92. The number of nitrogens with one attached hydrogen (secondary N) is 1. The van der Waals surface area contributed by atoms with Crippen LogP contribution < -0.4 is 11.1 Å². The Balaban J connectivity index is 2.05. The summed E-state index contributed by atoms with van der Waals surface area (Å²) in [7, 11) is 0. The van der Waals surface area contributed by atoms with Crippen molar-refractivity contribution in [1.29, 1.82) is 0 Å². The number of halogens is 1. The lowest BCUT2D eigenvalue weighted by Gasteiger charge is -2.15. The molecule has 0 aliphatic rings. The Morgan fingerprint density at radius 2 is 2.35 bits per heavy atom. The van der Waals surface area contributed by atoms with Gasteiger partial charge < -0.3 is 11.1 Å². The smallest absolute Gasteiger partial charge is 0.248 e. The number of thiazole rings is 1. The lowest BCUT2D eigenvalue weighted by Crippen LogP contribution is -2.21. The van der Waals surface area contributed by atoms with Crippen molar-refractivity contribution in [2.45, 2.75) is 25.9 Å². The van der Waals surface area contributed by atoms with E-state index < -0.39 is 11.7 Å². The molecule has 4 nitrogen and oxygen atoms in total. The van der Waals surface area contributed by atoms with Crippen LogP contribution in [0.2, 0.25) is 0 Å². The molecule has 0 bridgehead atoms. The molecule has 0 aliphatic carbocycles. The number of carbonyl (C=O) groups excluding carboxylic acids is 1. The van der Waals surface area contributed by atoms with Gasteiger partial charge in [0.2, 0.25) is 5.91 Å². The standard InChI is InChI=1S/C14H16FN3OS/c1-2-12(14-17-5-6-20-14)18-8-10-4-3-9(13(16)19)7-11(10)15/h3-7,12,18H,2,8H2,1H3,(H2,16,19). The Labute approximate surface area is 120 Å². The van der Waals surface area contributed by atoms with Gasteiger partial charge in [0.25, 0.3) is 0 Å². The average Bonchev–Trinajstić information content (AvgIpc) is 2.95. The molecule has 0 saturated carbocycles. The molecule has 0 aliphatic heterocycles. The Morgan fingerprint density at radius 3 is 2.90 bits per heavy atom. The van der Waals surface area contributed by atoms with E-state index >= 15 is 0 Å². The first kappa shape index (κ1) is 14.6.